The third-order valence-corrected chi connectivity index (χ3v) is 4.87. The third kappa shape index (κ3) is 3.03. The molecule has 0 radical (unpaired) electrons. The molecular formula is C19H14N8S. The summed E-state index contributed by atoms with van der Waals surface area (Å²) in [5.41, 5.74) is 12.9. The molecule has 136 valence electrons. The molecule has 3 N–H and O–H groups in total. The van der Waals surface area contributed by atoms with Crippen molar-refractivity contribution in [3.8, 4) is 22.3 Å². The number of hydrogen-bond donors (Lipinski definition) is 2. The van der Waals surface area contributed by atoms with E-state index in [1.165, 1.54) is 11.3 Å². The number of nitrogens with one attached hydrogen (secondary N) is 1. The predicted molar refractivity (Wildman–Crippen MR) is 109 cm³/mol. The van der Waals surface area contributed by atoms with Crippen molar-refractivity contribution in [3.63, 3.8) is 0 Å². The molecule has 1 aromatic carbocycles. The van der Waals surface area contributed by atoms with Crippen LogP contribution in [0.15, 0.2) is 66.7 Å². The summed E-state index contributed by atoms with van der Waals surface area (Å²) in [6, 6.07) is 11.7. The highest BCUT2D eigenvalue weighted by molar-refractivity contribution is 7.13. The van der Waals surface area contributed by atoms with Gasteiger partial charge in [-0.25, -0.2) is 14.5 Å². The van der Waals surface area contributed by atoms with Crippen LogP contribution in [0.4, 0.5) is 16.6 Å². The van der Waals surface area contributed by atoms with Gasteiger partial charge >= 0.3 is 0 Å². The summed E-state index contributed by atoms with van der Waals surface area (Å²) in [5, 5.41) is 16.3. The standard InChI is InChI=1S/C19H14N8S/c20-17-5-4-13(7-21-17)14-8-22-18-16(9-24-27(18)10-14)12-2-1-3-15(6-12)25-19-26-23-11-28-19/h1-11H,(H2,20,21)(H,25,26). The first kappa shape index (κ1) is 16.3. The van der Waals surface area contributed by atoms with Gasteiger partial charge in [0.1, 0.15) is 11.3 Å². The maximum Gasteiger partial charge on any atom is 0.209 e. The number of benzene rings is 1. The highest BCUT2D eigenvalue weighted by atomic mass is 32.1. The topological polar surface area (TPSA) is 107 Å². The Morgan fingerprint density at radius 1 is 0.964 bits per heavy atom. The van der Waals surface area contributed by atoms with Crippen molar-refractivity contribution < 1.29 is 0 Å². The Balaban J connectivity index is 1.51. The maximum atomic E-state index is 5.66. The first-order valence-electron chi connectivity index (χ1n) is 8.45. The number of anilines is 3. The van der Waals surface area contributed by atoms with Crippen molar-refractivity contribution in [2.24, 2.45) is 0 Å². The van der Waals surface area contributed by atoms with Gasteiger partial charge in [-0.15, -0.1) is 10.2 Å². The van der Waals surface area contributed by atoms with Gasteiger partial charge < -0.3 is 11.1 Å². The normalized spacial score (nSPS) is 11.0. The van der Waals surface area contributed by atoms with Gasteiger partial charge in [0.15, 0.2) is 5.65 Å². The molecule has 0 aliphatic carbocycles. The number of nitrogens with two attached hydrogens (primary N) is 1. The van der Waals surface area contributed by atoms with Crippen LogP contribution in [0.1, 0.15) is 0 Å². The van der Waals surface area contributed by atoms with Crippen LogP contribution >= 0.6 is 11.3 Å². The van der Waals surface area contributed by atoms with Crippen molar-refractivity contribution >= 4 is 33.6 Å². The van der Waals surface area contributed by atoms with Crippen LogP contribution in [0.25, 0.3) is 27.9 Å². The summed E-state index contributed by atoms with van der Waals surface area (Å²) in [6.45, 7) is 0. The molecule has 0 saturated heterocycles. The van der Waals surface area contributed by atoms with Gasteiger partial charge in [0.05, 0.1) is 6.20 Å². The average molecular weight is 386 g/mol. The molecule has 0 bridgehead atoms. The fraction of sp³-hybridized carbons (Fsp3) is 0. The van der Waals surface area contributed by atoms with Crippen molar-refractivity contribution in [2.45, 2.75) is 0 Å². The van der Waals surface area contributed by atoms with Crippen LogP contribution in [0.5, 0.6) is 0 Å². The molecule has 0 atom stereocenters. The molecular weight excluding hydrogens is 372 g/mol. The van der Waals surface area contributed by atoms with Crippen LogP contribution in [0, 0.1) is 0 Å². The molecule has 0 aliphatic rings. The van der Waals surface area contributed by atoms with E-state index < -0.39 is 0 Å². The van der Waals surface area contributed by atoms with E-state index in [4.69, 9.17) is 5.73 Å². The van der Waals surface area contributed by atoms with Gasteiger partial charge in [0.25, 0.3) is 0 Å². The molecule has 8 nitrogen and oxygen atoms in total. The summed E-state index contributed by atoms with van der Waals surface area (Å²) in [5.74, 6) is 0.487. The molecule has 0 unspecified atom stereocenters. The zero-order chi connectivity index (χ0) is 18.9. The van der Waals surface area contributed by atoms with Crippen molar-refractivity contribution in [3.05, 3.63) is 66.7 Å². The quantitative estimate of drug-likeness (QED) is 0.485. The Kier molecular flexibility index (Phi) is 3.91. The smallest absolute Gasteiger partial charge is 0.209 e. The number of rotatable bonds is 4. The Bertz CT molecular complexity index is 1240. The average Bonchev–Trinajstić information content (AvgIpc) is 3.38. The summed E-state index contributed by atoms with van der Waals surface area (Å²) in [7, 11) is 0. The number of nitrogens with zero attached hydrogens (tertiary/aromatic N) is 6. The van der Waals surface area contributed by atoms with Gasteiger partial charge in [-0.3, -0.25) is 0 Å². The second-order valence-corrected chi connectivity index (χ2v) is 6.92. The number of nitrogen functional groups attached to an aromatic ring is 1. The van der Waals surface area contributed by atoms with Gasteiger partial charge in [-0.2, -0.15) is 5.10 Å². The Labute approximate surface area is 163 Å². The fourth-order valence-corrected chi connectivity index (χ4v) is 3.38. The van der Waals surface area contributed by atoms with Crippen LogP contribution < -0.4 is 11.1 Å². The minimum absolute atomic E-state index is 0.487. The second kappa shape index (κ2) is 6.71. The maximum absolute atomic E-state index is 5.66. The van der Waals surface area contributed by atoms with Gasteiger partial charge in [0, 0.05) is 41.0 Å². The highest BCUT2D eigenvalue weighted by Gasteiger charge is 2.10. The fourth-order valence-electron chi connectivity index (χ4n) is 2.92. The number of pyridine rings is 1. The lowest BCUT2D eigenvalue weighted by Gasteiger charge is -2.05. The molecule has 28 heavy (non-hydrogen) atoms. The van der Waals surface area contributed by atoms with Crippen molar-refractivity contribution in [1.29, 1.82) is 0 Å². The van der Waals surface area contributed by atoms with E-state index >= 15 is 0 Å². The summed E-state index contributed by atoms with van der Waals surface area (Å²) in [6.07, 6.45) is 7.29. The molecule has 0 amide bonds. The van der Waals surface area contributed by atoms with Gasteiger partial charge in [-0.1, -0.05) is 23.5 Å². The number of aromatic nitrogens is 6. The van der Waals surface area contributed by atoms with E-state index in [0.717, 1.165) is 38.7 Å². The Morgan fingerprint density at radius 3 is 2.71 bits per heavy atom. The van der Waals surface area contributed by atoms with E-state index in [-0.39, 0.29) is 0 Å². The number of fused-ring (bicyclic) bond motifs is 1. The van der Waals surface area contributed by atoms with E-state index in [1.807, 2.05) is 48.9 Å². The van der Waals surface area contributed by atoms with E-state index in [0.29, 0.717) is 5.82 Å². The lowest BCUT2D eigenvalue weighted by Crippen LogP contribution is -1.94. The summed E-state index contributed by atoms with van der Waals surface area (Å²) in [4.78, 5) is 8.76. The van der Waals surface area contributed by atoms with Gasteiger partial charge in [0.2, 0.25) is 5.13 Å². The zero-order valence-corrected chi connectivity index (χ0v) is 15.3. The minimum Gasteiger partial charge on any atom is -0.384 e. The van der Waals surface area contributed by atoms with Crippen molar-refractivity contribution in [2.75, 3.05) is 11.1 Å². The van der Waals surface area contributed by atoms with Crippen LogP contribution in [-0.2, 0) is 0 Å². The molecule has 0 fully saturated rings. The monoisotopic (exact) mass is 386 g/mol. The van der Waals surface area contributed by atoms with E-state index in [1.54, 1.807) is 22.3 Å². The minimum atomic E-state index is 0.487. The third-order valence-electron chi connectivity index (χ3n) is 4.26. The first-order chi connectivity index (χ1) is 13.8. The van der Waals surface area contributed by atoms with Crippen LogP contribution in [0.3, 0.4) is 0 Å². The van der Waals surface area contributed by atoms with Crippen LogP contribution in [-0.4, -0.2) is 29.8 Å². The SMILES string of the molecule is Nc1ccc(-c2cnc3c(-c4cccc(Nc5nncs5)c4)cnn3c2)cn1. The highest BCUT2D eigenvalue weighted by Crippen LogP contribution is 2.28. The molecule has 4 aromatic heterocycles. The summed E-state index contributed by atoms with van der Waals surface area (Å²) < 4.78 is 1.77. The van der Waals surface area contributed by atoms with Crippen LogP contribution in [0.2, 0.25) is 0 Å². The zero-order valence-electron chi connectivity index (χ0n) is 14.5. The van der Waals surface area contributed by atoms with Crippen molar-refractivity contribution in [1.82, 2.24) is 29.8 Å². The molecule has 0 spiro atoms. The Hall–Kier alpha value is -3.85. The largest absolute Gasteiger partial charge is 0.384 e. The van der Waals surface area contributed by atoms with E-state index in [2.05, 4.69) is 30.6 Å². The van der Waals surface area contributed by atoms with E-state index in [9.17, 15) is 0 Å². The molecule has 0 saturated carbocycles. The Morgan fingerprint density at radius 2 is 1.89 bits per heavy atom. The second-order valence-electron chi connectivity index (χ2n) is 6.09. The molecule has 4 heterocycles. The predicted octanol–water partition coefficient (Wildman–Crippen LogP) is 3.64. The van der Waals surface area contributed by atoms with Gasteiger partial charge in [-0.05, 0) is 29.8 Å². The number of hydrogen-bond acceptors (Lipinski definition) is 8. The molecule has 5 aromatic rings. The first-order valence-corrected chi connectivity index (χ1v) is 9.33. The lowest BCUT2D eigenvalue weighted by atomic mass is 10.1. The summed E-state index contributed by atoms with van der Waals surface area (Å²) >= 11 is 1.45. The molecule has 9 heteroatoms. The molecule has 0 aliphatic heterocycles. The lowest BCUT2D eigenvalue weighted by molar-refractivity contribution is 0.941. The molecule has 5 rings (SSSR count).